The Labute approximate surface area is 97.4 Å². The van der Waals surface area contributed by atoms with E-state index in [1.807, 2.05) is 13.8 Å². The SMILES string of the molecule is CCOC(=O)C(CC)N1CCC=CC1CN. The predicted octanol–water partition coefficient (Wildman–Crippen LogP) is 0.917. The molecule has 0 spiro atoms. The Balaban J connectivity index is 2.70. The lowest BCUT2D eigenvalue weighted by atomic mass is 10.0. The highest BCUT2D eigenvalue weighted by atomic mass is 16.5. The minimum Gasteiger partial charge on any atom is -0.465 e. The van der Waals surface area contributed by atoms with Crippen LogP contribution in [0.25, 0.3) is 0 Å². The van der Waals surface area contributed by atoms with Crippen molar-refractivity contribution < 1.29 is 9.53 Å². The van der Waals surface area contributed by atoms with E-state index in [4.69, 9.17) is 10.5 Å². The average Bonchev–Trinajstić information content (AvgIpc) is 2.31. The molecule has 1 rings (SSSR count). The van der Waals surface area contributed by atoms with Crippen LogP contribution in [0.5, 0.6) is 0 Å². The zero-order valence-electron chi connectivity index (χ0n) is 10.2. The number of carbonyl (C=O) groups is 1. The van der Waals surface area contributed by atoms with Gasteiger partial charge in [0.25, 0.3) is 0 Å². The second kappa shape index (κ2) is 6.66. The van der Waals surface area contributed by atoms with Crippen LogP contribution in [0, 0.1) is 0 Å². The van der Waals surface area contributed by atoms with Gasteiger partial charge >= 0.3 is 5.97 Å². The second-order valence-electron chi connectivity index (χ2n) is 3.93. The summed E-state index contributed by atoms with van der Waals surface area (Å²) in [7, 11) is 0. The summed E-state index contributed by atoms with van der Waals surface area (Å²) in [5, 5.41) is 0. The number of ether oxygens (including phenoxy) is 1. The third kappa shape index (κ3) is 3.06. The van der Waals surface area contributed by atoms with Gasteiger partial charge < -0.3 is 10.5 Å². The summed E-state index contributed by atoms with van der Waals surface area (Å²) < 4.78 is 5.10. The van der Waals surface area contributed by atoms with Crippen LogP contribution in [0.15, 0.2) is 12.2 Å². The molecule has 16 heavy (non-hydrogen) atoms. The molecule has 0 aromatic heterocycles. The fourth-order valence-corrected chi connectivity index (χ4v) is 2.13. The van der Waals surface area contributed by atoms with E-state index in [0.29, 0.717) is 13.2 Å². The van der Waals surface area contributed by atoms with E-state index in [0.717, 1.165) is 19.4 Å². The van der Waals surface area contributed by atoms with Crippen LogP contribution >= 0.6 is 0 Å². The van der Waals surface area contributed by atoms with Crippen LogP contribution in [0.2, 0.25) is 0 Å². The van der Waals surface area contributed by atoms with E-state index in [-0.39, 0.29) is 18.1 Å². The van der Waals surface area contributed by atoms with Gasteiger partial charge in [-0.15, -0.1) is 0 Å². The molecule has 1 aliphatic heterocycles. The Bertz CT molecular complexity index is 253. The van der Waals surface area contributed by atoms with Crippen LogP contribution in [0.1, 0.15) is 26.7 Å². The molecule has 0 amide bonds. The van der Waals surface area contributed by atoms with Crippen LogP contribution < -0.4 is 5.73 Å². The molecular formula is C12H22N2O2. The molecule has 92 valence electrons. The van der Waals surface area contributed by atoms with Crippen LogP contribution in [-0.2, 0) is 9.53 Å². The minimum absolute atomic E-state index is 0.126. The highest BCUT2D eigenvalue weighted by Crippen LogP contribution is 2.16. The summed E-state index contributed by atoms with van der Waals surface area (Å²) in [4.78, 5) is 14.0. The quantitative estimate of drug-likeness (QED) is 0.559. The lowest BCUT2D eigenvalue weighted by Crippen LogP contribution is -2.51. The van der Waals surface area contributed by atoms with Gasteiger partial charge in [0.15, 0.2) is 0 Å². The smallest absolute Gasteiger partial charge is 0.323 e. The predicted molar refractivity (Wildman–Crippen MR) is 64.0 cm³/mol. The van der Waals surface area contributed by atoms with Crippen molar-refractivity contribution in [3.05, 3.63) is 12.2 Å². The summed E-state index contributed by atoms with van der Waals surface area (Å²) in [5.41, 5.74) is 5.72. The maximum absolute atomic E-state index is 11.8. The van der Waals surface area contributed by atoms with Gasteiger partial charge in [-0.05, 0) is 19.8 Å². The fraction of sp³-hybridized carbons (Fsp3) is 0.750. The Morgan fingerprint density at radius 2 is 2.38 bits per heavy atom. The summed E-state index contributed by atoms with van der Waals surface area (Å²) in [5.74, 6) is -0.126. The van der Waals surface area contributed by atoms with Gasteiger partial charge in [0, 0.05) is 19.1 Å². The number of nitrogens with zero attached hydrogens (tertiary/aromatic N) is 1. The minimum atomic E-state index is -0.154. The van der Waals surface area contributed by atoms with Crippen molar-refractivity contribution in [3.8, 4) is 0 Å². The number of hydrogen-bond acceptors (Lipinski definition) is 4. The molecule has 0 radical (unpaired) electrons. The van der Waals surface area contributed by atoms with Gasteiger partial charge in [0.05, 0.1) is 6.61 Å². The number of esters is 1. The molecule has 1 aliphatic rings. The molecule has 4 nitrogen and oxygen atoms in total. The van der Waals surface area contributed by atoms with Gasteiger partial charge in [-0.25, -0.2) is 0 Å². The number of rotatable bonds is 5. The summed E-state index contributed by atoms with van der Waals surface area (Å²) in [6.07, 6.45) is 5.97. The molecule has 2 atom stereocenters. The number of carbonyl (C=O) groups excluding carboxylic acids is 1. The Hall–Kier alpha value is -0.870. The molecule has 0 saturated heterocycles. The Morgan fingerprint density at radius 1 is 1.62 bits per heavy atom. The molecular weight excluding hydrogens is 204 g/mol. The van der Waals surface area contributed by atoms with Crippen LogP contribution in [0.4, 0.5) is 0 Å². The van der Waals surface area contributed by atoms with E-state index in [2.05, 4.69) is 17.1 Å². The molecule has 0 bridgehead atoms. The first-order valence-electron chi connectivity index (χ1n) is 6.03. The maximum Gasteiger partial charge on any atom is 0.323 e. The first-order chi connectivity index (χ1) is 7.74. The first-order valence-corrected chi connectivity index (χ1v) is 6.03. The molecule has 2 unspecified atom stereocenters. The molecule has 0 aliphatic carbocycles. The van der Waals surface area contributed by atoms with Gasteiger partial charge in [0.2, 0.25) is 0 Å². The van der Waals surface area contributed by atoms with E-state index in [1.54, 1.807) is 0 Å². The zero-order chi connectivity index (χ0) is 12.0. The van der Waals surface area contributed by atoms with Gasteiger partial charge in [0.1, 0.15) is 6.04 Å². The summed E-state index contributed by atoms with van der Waals surface area (Å²) >= 11 is 0. The molecule has 0 aromatic carbocycles. The Kier molecular flexibility index (Phi) is 5.49. The number of nitrogens with two attached hydrogens (primary N) is 1. The third-order valence-corrected chi connectivity index (χ3v) is 2.93. The van der Waals surface area contributed by atoms with Crippen LogP contribution in [0.3, 0.4) is 0 Å². The summed E-state index contributed by atoms with van der Waals surface area (Å²) in [6, 6.07) is 0.0153. The highest BCUT2D eigenvalue weighted by molar-refractivity contribution is 5.75. The highest BCUT2D eigenvalue weighted by Gasteiger charge is 2.30. The molecule has 4 heteroatoms. The van der Waals surface area contributed by atoms with Crippen molar-refractivity contribution in [1.82, 2.24) is 4.90 Å². The zero-order valence-corrected chi connectivity index (χ0v) is 10.2. The second-order valence-corrected chi connectivity index (χ2v) is 3.93. The normalized spacial score (nSPS) is 23.1. The first kappa shape index (κ1) is 13.2. The van der Waals surface area contributed by atoms with Gasteiger partial charge in [-0.1, -0.05) is 19.1 Å². The van der Waals surface area contributed by atoms with E-state index >= 15 is 0 Å². The third-order valence-electron chi connectivity index (χ3n) is 2.93. The maximum atomic E-state index is 11.8. The molecule has 1 heterocycles. The van der Waals surface area contributed by atoms with Crippen molar-refractivity contribution in [3.63, 3.8) is 0 Å². The monoisotopic (exact) mass is 226 g/mol. The van der Waals surface area contributed by atoms with E-state index < -0.39 is 0 Å². The molecule has 0 saturated carbocycles. The lowest BCUT2D eigenvalue weighted by Gasteiger charge is -2.36. The molecule has 0 fully saturated rings. The van der Waals surface area contributed by atoms with Crippen molar-refractivity contribution in [1.29, 1.82) is 0 Å². The van der Waals surface area contributed by atoms with Crippen LogP contribution in [-0.4, -0.2) is 42.6 Å². The topological polar surface area (TPSA) is 55.6 Å². The van der Waals surface area contributed by atoms with Crippen molar-refractivity contribution in [2.45, 2.75) is 38.8 Å². The fourth-order valence-electron chi connectivity index (χ4n) is 2.13. The van der Waals surface area contributed by atoms with Crippen molar-refractivity contribution >= 4 is 5.97 Å². The molecule has 0 aromatic rings. The lowest BCUT2D eigenvalue weighted by molar-refractivity contribution is -0.150. The van der Waals surface area contributed by atoms with Crippen molar-refractivity contribution in [2.24, 2.45) is 5.73 Å². The standard InChI is InChI=1S/C12H22N2O2/c1-3-11(12(15)16-4-2)14-8-6-5-7-10(14)9-13/h5,7,10-11H,3-4,6,8-9,13H2,1-2H3. The number of hydrogen-bond donors (Lipinski definition) is 1. The average molecular weight is 226 g/mol. The Morgan fingerprint density at radius 3 is 2.94 bits per heavy atom. The van der Waals surface area contributed by atoms with Gasteiger partial charge in [-0.2, -0.15) is 0 Å². The molecule has 2 N–H and O–H groups in total. The van der Waals surface area contributed by atoms with E-state index in [1.165, 1.54) is 0 Å². The van der Waals surface area contributed by atoms with Gasteiger partial charge in [-0.3, -0.25) is 9.69 Å². The summed E-state index contributed by atoms with van der Waals surface area (Å²) in [6.45, 7) is 5.71. The largest absolute Gasteiger partial charge is 0.465 e. The van der Waals surface area contributed by atoms with E-state index in [9.17, 15) is 4.79 Å². The van der Waals surface area contributed by atoms with Crippen molar-refractivity contribution in [2.75, 3.05) is 19.7 Å².